The fraction of sp³-hybridized carbons (Fsp3) is 0.385. The quantitative estimate of drug-likeness (QED) is 0.423. The zero-order valence-electron chi connectivity index (χ0n) is 10.9. The molecule has 6 heteroatoms. The predicted octanol–water partition coefficient (Wildman–Crippen LogP) is 1.99. The lowest BCUT2D eigenvalue weighted by molar-refractivity contribution is -0.117. The van der Waals surface area contributed by atoms with Gasteiger partial charge in [0, 0.05) is 17.1 Å². The van der Waals surface area contributed by atoms with Gasteiger partial charge in [-0.3, -0.25) is 10.1 Å². The number of carbonyl (C=O) groups excluding carboxylic acids is 2. The maximum absolute atomic E-state index is 11.5. The first-order valence-electron chi connectivity index (χ1n) is 6.18. The fourth-order valence-electron chi connectivity index (χ4n) is 1.34. The van der Waals surface area contributed by atoms with Crippen molar-refractivity contribution < 1.29 is 9.59 Å². The van der Waals surface area contributed by atoms with Crippen molar-refractivity contribution in [1.82, 2.24) is 10.6 Å². The predicted molar refractivity (Wildman–Crippen MR) is 78.0 cm³/mol. The summed E-state index contributed by atoms with van der Waals surface area (Å²) in [5.41, 5.74) is 6.39. The van der Waals surface area contributed by atoms with Crippen LogP contribution in [-0.2, 0) is 4.79 Å². The number of imide groups is 1. The number of carbonyl (C=O) groups is 2. The van der Waals surface area contributed by atoms with Crippen molar-refractivity contribution in [2.24, 2.45) is 0 Å². The standard InChI is InChI=1S/C13H19N3O2S/c1-2-3-8-15-13(18)16-12(17)9-19-11-7-5-4-6-10(11)14/h4-7H,2-3,8-9,14H2,1H3,(H2,15,16,17,18). The van der Waals surface area contributed by atoms with Crippen LogP contribution in [0.25, 0.3) is 0 Å². The van der Waals surface area contributed by atoms with Gasteiger partial charge in [0.05, 0.1) is 5.75 Å². The van der Waals surface area contributed by atoms with E-state index in [4.69, 9.17) is 5.73 Å². The highest BCUT2D eigenvalue weighted by Crippen LogP contribution is 2.23. The number of unbranched alkanes of at least 4 members (excludes halogenated alkanes) is 1. The first-order chi connectivity index (χ1) is 9.13. The number of anilines is 1. The van der Waals surface area contributed by atoms with Crippen LogP contribution in [0.15, 0.2) is 29.2 Å². The van der Waals surface area contributed by atoms with Gasteiger partial charge < -0.3 is 11.1 Å². The van der Waals surface area contributed by atoms with Crippen LogP contribution in [0.2, 0.25) is 0 Å². The number of benzene rings is 1. The van der Waals surface area contributed by atoms with Crippen molar-refractivity contribution in [3.05, 3.63) is 24.3 Å². The second-order valence-corrected chi connectivity index (χ2v) is 5.00. The third-order valence-electron chi connectivity index (χ3n) is 2.35. The Morgan fingerprint density at radius 2 is 2.05 bits per heavy atom. The summed E-state index contributed by atoms with van der Waals surface area (Å²) < 4.78 is 0. The van der Waals surface area contributed by atoms with Gasteiger partial charge in [0.25, 0.3) is 0 Å². The molecule has 0 aliphatic carbocycles. The van der Waals surface area contributed by atoms with Crippen molar-refractivity contribution >= 4 is 29.4 Å². The number of thioether (sulfide) groups is 1. The van der Waals surface area contributed by atoms with Crippen molar-refractivity contribution in [3.8, 4) is 0 Å². The van der Waals surface area contributed by atoms with Crippen LogP contribution in [0.5, 0.6) is 0 Å². The number of nitrogen functional groups attached to an aromatic ring is 1. The Bertz CT molecular complexity index is 438. The Morgan fingerprint density at radius 1 is 1.32 bits per heavy atom. The van der Waals surface area contributed by atoms with Gasteiger partial charge in [-0.05, 0) is 18.6 Å². The number of urea groups is 1. The minimum Gasteiger partial charge on any atom is -0.398 e. The summed E-state index contributed by atoms with van der Waals surface area (Å²) in [6.45, 7) is 2.61. The van der Waals surface area contributed by atoms with Crippen molar-refractivity contribution in [3.63, 3.8) is 0 Å². The lowest BCUT2D eigenvalue weighted by Crippen LogP contribution is -2.40. The average molecular weight is 281 g/mol. The second-order valence-electron chi connectivity index (χ2n) is 3.98. The molecule has 0 saturated heterocycles. The molecule has 0 radical (unpaired) electrons. The molecular weight excluding hydrogens is 262 g/mol. The highest BCUT2D eigenvalue weighted by molar-refractivity contribution is 8.00. The largest absolute Gasteiger partial charge is 0.398 e. The minimum atomic E-state index is -0.444. The average Bonchev–Trinajstić information content (AvgIpc) is 2.38. The Labute approximate surface area is 117 Å². The van der Waals surface area contributed by atoms with Gasteiger partial charge in [-0.2, -0.15) is 0 Å². The third-order valence-corrected chi connectivity index (χ3v) is 3.44. The van der Waals surface area contributed by atoms with Crippen LogP contribution in [-0.4, -0.2) is 24.2 Å². The number of hydrogen-bond acceptors (Lipinski definition) is 4. The number of rotatable bonds is 6. The van der Waals surface area contributed by atoms with Gasteiger partial charge in [-0.15, -0.1) is 11.8 Å². The van der Waals surface area contributed by atoms with E-state index in [0.717, 1.165) is 17.7 Å². The van der Waals surface area contributed by atoms with Crippen LogP contribution >= 0.6 is 11.8 Å². The monoisotopic (exact) mass is 281 g/mol. The van der Waals surface area contributed by atoms with E-state index in [2.05, 4.69) is 10.6 Å². The summed E-state index contributed by atoms with van der Waals surface area (Å²) in [5, 5.41) is 4.90. The second kappa shape index (κ2) is 8.42. The van der Waals surface area contributed by atoms with Gasteiger partial charge in [-0.1, -0.05) is 25.5 Å². The molecule has 1 aromatic carbocycles. The van der Waals surface area contributed by atoms with Crippen LogP contribution in [0.3, 0.4) is 0 Å². The van der Waals surface area contributed by atoms with Gasteiger partial charge in [0.1, 0.15) is 0 Å². The highest BCUT2D eigenvalue weighted by Gasteiger charge is 2.08. The summed E-state index contributed by atoms with van der Waals surface area (Å²) in [6.07, 6.45) is 1.90. The van der Waals surface area contributed by atoms with E-state index in [0.29, 0.717) is 12.2 Å². The Hall–Kier alpha value is -1.69. The molecule has 0 aromatic heterocycles. The number of nitrogens with two attached hydrogens (primary N) is 1. The van der Waals surface area contributed by atoms with E-state index in [1.165, 1.54) is 11.8 Å². The molecule has 0 bridgehead atoms. The summed E-state index contributed by atoms with van der Waals surface area (Å²) in [7, 11) is 0. The molecule has 1 rings (SSSR count). The molecule has 19 heavy (non-hydrogen) atoms. The van der Waals surface area contributed by atoms with Gasteiger partial charge in [-0.25, -0.2) is 4.79 Å². The third kappa shape index (κ3) is 6.15. The van der Waals surface area contributed by atoms with E-state index < -0.39 is 6.03 Å². The molecule has 104 valence electrons. The SMILES string of the molecule is CCCCNC(=O)NC(=O)CSc1ccccc1N. The zero-order valence-corrected chi connectivity index (χ0v) is 11.8. The van der Waals surface area contributed by atoms with E-state index in [1.807, 2.05) is 25.1 Å². The Kier molecular flexibility index (Phi) is 6.81. The molecule has 0 aliphatic rings. The molecule has 5 nitrogen and oxygen atoms in total. The topological polar surface area (TPSA) is 84.2 Å². The summed E-state index contributed by atoms with van der Waals surface area (Å²) >= 11 is 1.31. The number of amides is 3. The Balaban J connectivity index is 2.28. The first kappa shape index (κ1) is 15.4. The summed E-state index contributed by atoms with van der Waals surface area (Å²) in [4.78, 5) is 23.7. The zero-order chi connectivity index (χ0) is 14.1. The minimum absolute atomic E-state index is 0.162. The molecule has 0 atom stereocenters. The van der Waals surface area contributed by atoms with Crippen molar-refractivity contribution in [1.29, 1.82) is 0 Å². The van der Waals surface area contributed by atoms with E-state index in [-0.39, 0.29) is 11.7 Å². The fourth-order valence-corrected chi connectivity index (χ4v) is 2.11. The number of hydrogen-bond donors (Lipinski definition) is 3. The van der Waals surface area contributed by atoms with E-state index >= 15 is 0 Å². The smallest absolute Gasteiger partial charge is 0.321 e. The molecule has 0 saturated carbocycles. The molecule has 4 N–H and O–H groups in total. The molecular formula is C13H19N3O2S. The van der Waals surface area contributed by atoms with Crippen LogP contribution in [0.4, 0.5) is 10.5 Å². The molecule has 0 spiro atoms. The number of nitrogens with one attached hydrogen (secondary N) is 2. The highest BCUT2D eigenvalue weighted by atomic mass is 32.2. The van der Waals surface area contributed by atoms with Gasteiger partial charge in [0.2, 0.25) is 5.91 Å². The Morgan fingerprint density at radius 3 is 2.74 bits per heavy atom. The lowest BCUT2D eigenvalue weighted by atomic mass is 10.3. The molecule has 0 aliphatic heterocycles. The van der Waals surface area contributed by atoms with Crippen LogP contribution < -0.4 is 16.4 Å². The maximum Gasteiger partial charge on any atom is 0.321 e. The van der Waals surface area contributed by atoms with Crippen molar-refractivity contribution in [2.75, 3.05) is 18.0 Å². The van der Waals surface area contributed by atoms with E-state index in [9.17, 15) is 9.59 Å². The molecule has 0 fully saturated rings. The van der Waals surface area contributed by atoms with Gasteiger partial charge in [0.15, 0.2) is 0 Å². The van der Waals surface area contributed by atoms with Crippen LogP contribution in [0.1, 0.15) is 19.8 Å². The summed E-state index contributed by atoms with van der Waals surface area (Å²) in [6, 6.07) is 6.86. The summed E-state index contributed by atoms with van der Waals surface area (Å²) in [5.74, 6) is -0.169. The molecule has 1 aromatic rings. The van der Waals surface area contributed by atoms with Crippen LogP contribution in [0, 0.1) is 0 Å². The van der Waals surface area contributed by atoms with E-state index in [1.54, 1.807) is 6.07 Å². The van der Waals surface area contributed by atoms with Crippen molar-refractivity contribution in [2.45, 2.75) is 24.7 Å². The molecule has 0 unspecified atom stereocenters. The lowest BCUT2D eigenvalue weighted by Gasteiger charge is -2.07. The number of para-hydroxylation sites is 1. The normalized spacial score (nSPS) is 9.95. The van der Waals surface area contributed by atoms with Gasteiger partial charge >= 0.3 is 6.03 Å². The maximum atomic E-state index is 11.5. The molecule has 0 heterocycles. The molecule has 3 amide bonds. The first-order valence-corrected chi connectivity index (χ1v) is 7.17.